The Kier molecular flexibility index (Phi) is 4.35. The number of benzene rings is 1. The second kappa shape index (κ2) is 5.13. The summed E-state index contributed by atoms with van der Waals surface area (Å²) in [5.41, 5.74) is 5.19. The minimum Gasteiger partial charge on any atom is -0.306 e. The number of hydrogen-bond donors (Lipinski definition) is 1. The highest BCUT2D eigenvalue weighted by atomic mass is 79.9. The van der Waals surface area contributed by atoms with Gasteiger partial charge in [-0.1, -0.05) is 53.5 Å². The monoisotopic (exact) mass is 269 g/mol. The van der Waals surface area contributed by atoms with Crippen LogP contribution < -0.4 is 5.32 Å². The molecular weight excluding hydrogens is 250 g/mol. The lowest BCUT2D eigenvalue weighted by atomic mass is 9.81. The first-order valence-electron chi connectivity index (χ1n) is 5.32. The highest BCUT2D eigenvalue weighted by Gasteiger charge is 2.21. The Balaban J connectivity index is 2.97. The number of alkyl halides is 1. The Morgan fingerprint density at radius 1 is 1.27 bits per heavy atom. The highest BCUT2D eigenvalue weighted by molar-refractivity contribution is 9.09. The molecule has 0 aliphatic carbocycles. The van der Waals surface area contributed by atoms with Gasteiger partial charge in [0.1, 0.15) is 0 Å². The van der Waals surface area contributed by atoms with Crippen molar-refractivity contribution in [2.75, 3.05) is 12.0 Å². The zero-order valence-electron chi connectivity index (χ0n) is 10.0. The van der Waals surface area contributed by atoms with E-state index in [4.69, 9.17) is 0 Å². The average molecular weight is 270 g/mol. The lowest BCUT2D eigenvalue weighted by Gasteiger charge is -2.27. The zero-order valence-corrected chi connectivity index (χ0v) is 11.6. The Morgan fingerprint density at radius 3 is 2.53 bits per heavy atom. The van der Waals surface area contributed by atoms with E-state index in [-0.39, 0.29) is 5.41 Å². The lowest BCUT2D eigenvalue weighted by Crippen LogP contribution is -2.32. The number of aryl methyl sites for hydroxylation is 2. The molecule has 0 atom stereocenters. The number of halogens is 1. The topological polar surface area (TPSA) is 12.0 Å². The van der Waals surface area contributed by atoms with Gasteiger partial charge in [0.2, 0.25) is 0 Å². The van der Waals surface area contributed by atoms with Gasteiger partial charge in [-0.15, -0.1) is 0 Å². The summed E-state index contributed by atoms with van der Waals surface area (Å²) in [5.74, 6) is 0. The normalized spacial score (nSPS) is 11.8. The third-order valence-corrected chi connectivity index (χ3v) is 3.18. The van der Waals surface area contributed by atoms with Crippen molar-refractivity contribution in [1.82, 2.24) is 5.32 Å². The van der Waals surface area contributed by atoms with Crippen LogP contribution in [-0.4, -0.2) is 12.0 Å². The van der Waals surface area contributed by atoms with Crippen molar-refractivity contribution in [3.8, 4) is 0 Å². The summed E-state index contributed by atoms with van der Waals surface area (Å²) >= 11 is 3.40. The van der Waals surface area contributed by atoms with E-state index in [1.165, 1.54) is 16.7 Å². The minimum absolute atomic E-state index is 0.184. The molecule has 0 aromatic heterocycles. The molecule has 0 spiro atoms. The Hall–Kier alpha value is -0.340. The summed E-state index contributed by atoms with van der Waals surface area (Å²) in [6.07, 6.45) is 0. The maximum Gasteiger partial charge on any atom is 0.0517 e. The van der Waals surface area contributed by atoms with Gasteiger partial charge in [-0.2, -0.15) is 0 Å². The molecule has 1 nitrogen and oxygen atoms in total. The first kappa shape index (κ1) is 12.7. The molecule has 1 aromatic rings. The predicted molar refractivity (Wildman–Crippen MR) is 70.7 cm³/mol. The van der Waals surface area contributed by atoms with Crippen molar-refractivity contribution < 1.29 is 0 Å². The van der Waals surface area contributed by atoms with Gasteiger partial charge in [-0.3, -0.25) is 0 Å². The van der Waals surface area contributed by atoms with E-state index in [2.05, 4.69) is 67.1 Å². The van der Waals surface area contributed by atoms with Crippen LogP contribution in [0.3, 0.4) is 0 Å². The van der Waals surface area contributed by atoms with Crippen LogP contribution in [0.2, 0.25) is 0 Å². The summed E-state index contributed by atoms with van der Waals surface area (Å²) in [7, 11) is 0. The first-order valence-corrected chi connectivity index (χ1v) is 6.44. The standard InChI is InChI=1S/C13H20BrN/c1-10-5-6-11(2)12(7-10)13(3,4)8-15-9-14/h5-7,15H,8-9H2,1-4H3. The number of hydrogen-bond acceptors (Lipinski definition) is 1. The molecule has 84 valence electrons. The molecule has 0 saturated heterocycles. The van der Waals surface area contributed by atoms with Gasteiger partial charge in [0.15, 0.2) is 0 Å². The summed E-state index contributed by atoms with van der Waals surface area (Å²) in [5, 5.41) is 3.35. The first-order chi connectivity index (χ1) is 6.97. The fourth-order valence-electron chi connectivity index (χ4n) is 1.92. The fourth-order valence-corrected chi connectivity index (χ4v) is 2.12. The van der Waals surface area contributed by atoms with Crippen LogP contribution in [-0.2, 0) is 5.41 Å². The molecule has 15 heavy (non-hydrogen) atoms. The smallest absolute Gasteiger partial charge is 0.0517 e. The highest BCUT2D eigenvalue weighted by Crippen LogP contribution is 2.26. The second-order valence-corrected chi connectivity index (χ2v) is 5.32. The van der Waals surface area contributed by atoms with Crippen molar-refractivity contribution in [3.05, 3.63) is 34.9 Å². The van der Waals surface area contributed by atoms with E-state index in [1.807, 2.05) is 0 Å². The predicted octanol–water partition coefficient (Wildman–Crippen LogP) is 3.52. The SMILES string of the molecule is Cc1ccc(C)c(C(C)(C)CNCBr)c1. The van der Waals surface area contributed by atoms with Crippen LogP contribution in [0.5, 0.6) is 0 Å². The van der Waals surface area contributed by atoms with Gasteiger partial charge in [-0.05, 0) is 25.0 Å². The van der Waals surface area contributed by atoms with E-state index in [0.29, 0.717) is 0 Å². The molecule has 0 saturated carbocycles. The fraction of sp³-hybridized carbons (Fsp3) is 0.538. The molecule has 0 heterocycles. The van der Waals surface area contributed by atoms with E-state index in [1.54, 1.807) is 0 Å². The van der Waals surface area contributed by atoms with Gasteiger partial charge in [-0.25, -0.2) is 0 Å². The molecule has 0 amide bonds. The van der Waals surface area contributed by atoms with Crippen LogP contribution in [0.1, 0.15) is 30.5 Å². The van der Waals surface area contributed by atoms with Crippen LogP contribution in [0.4, 0.5) is 0 Å². The molecular formula is C13H20BrN. The molecule has 2 heteroatoms. The van der Waals surface area contributed by atoms with Crippen molar-refractivity contribution in [1.29, 1.82) is 0 Å². The van der Waals surface area contributed by atoms with Crippen molar-refractivity contribution in [3.63, 3.8) is 0 Å². The Morgan fingerprint density at radius 2 is 1.93 bits per heavy atom. The quantitative estimate of drug-likeness (QED) is 0.652. The number of rotatable bonds is 4. The Bertz CT molecular complexity index is 331. The van der Waals surface area contributed by atoms with Crippen molar-refractivity contribution >= 4 is 15.9 Å². The molecule has 0 bridgehead atoms. The molecule has 0 unspecified atom stereocenters. The van der Waals surface area contributed by atoms with Crippen molar-refractivity contribution in [2.45, 2.75) is 33.1 Å². The van der Waals surface area contributed by atoms with Crippen LogP contribution in [0, 0.1) is 13.8 Å². The van der Waals surface area contributed by atoms with Gasteiger partial charge in [0.05, 0.1) is 5.45 Å². The molecule has 0 aliphatic rings. The summed E-state index contributed by atoms with van der Waals surface area (Å²) in [4.78, 5) is 0. The summed E-state index contributed by atoms with van der Waals surface area (Å²) < 4.78 is 0. The molecule has 1 aromatic carbocycles. The molecule has 0 aliphatic heterocycles. The van der Waals surface area contributed by atoms with Crippen LogP contribution in [0.25, 0.3) is 0 Å². The molecule has 0 radical (unpaired) electrons. The molecule has 1 N–H and O–H groups in total. The minimum atomic E-state index is 0.184. The summed E-state index contributed by atoms with van der Waals surface area (Å²) in [6, 6.07) is 6.68. The van der Waals surface area contributed by atoms with Gasteiger partial charge < -0.3 is 5.32 Å². The van der Waals surface area contributed by atoms with E-state index < -0.39 is 0 Å². The van der Waals surface area contributed by atoms with Crippen LogP contribution >= 0.6 is 15.9 Å². The lowest BCUT2D eigenvalue weighted by molar-refractivity contribution is 0.488. The van der Waals surface area contributed by atoms with Gasteiger partial charge in [0.25, 0.3) is 0 Å². The van der Waals surface area contributed by atoms with E-state index in [9.17, 15) is 0 Å². The van der Waals surface area contributed by atoms with Gasteiger partial charge in [0, 0.05) is 12.0 Å². The maximum atomic E-state index is 3.40. The maximum absolute atomic E-state index is 3.40. The largest absolute Gasteiger partial charge is 0.306 e. The number of nitrogens with one attached hydrogen (secondary N) is 1. The van der Waals surface area contributed by atoms with E-state index >= 15 is 0 Å². The molecule has 0 fully saturated rings. The van der Waals surface area contributed by atoms with Crippen molar-refractivity contribution in [2.24, 2.45) is 0 Å². The summed E-state index contributed by atoms with van der Waals surface area (Å²) in [6.45, 7) is 9.89. The van der Waals surface area contributed by atoms with Gasteiger partial charge >= 0.3 is 0 Å². The third-order valence-electron chi connectivity index (χ3n) is 2.78. The molecule has 1 rings (SSSR count). The second-order valence-electron chi connectivity index (χ2n) is 4.76. The average Bonchev–Trinajstić information content (AvgIpc) is 2.18. The Labute approximate surface area is 101 Å². The third kappa shape index (κ3) is 3.32. The van der Waals surface area contributed by atoms with E-state index in [0.717, 1.165) is 12.0 Å². The van der Waals surface area contributed by atoms with Crippen LogP contribution in [0.15, 0.2) is 18.2 Å². The zero-order chi connectivity index (χ0) is 11.5.